The topological polar surface area (TPSA) is 20.3 Å². The Morgan fingerprint density at radius 2 is 2.00 bits per heavy atom. The lowest BCUT2D eigenvalue weighted by Crippen LogP contribution is -2.28. The molecule has 0 N–H and O–H groups in total. The Hall–Kier alpha value is -1.81. The molecule has 1 fully saturated rings. The normalized spacial score (nSPS) is 18.6. The van der Waals surface area contributed by atoms with E-state index in [-0.39, 0.29) is 17.1 Å². The van der Waals surface area contributed by atoms with Gasteiger partial charge in [0.2, 0.25) is 5.91 Å². The number of benzene rings is 2. The Labute approximate surface area is 121 Å². The van der Waals surface area contributed by atoms with E-state index in [9.17, 15) is 9.18 Å². The van der Waals surface area contributed by atoms with Gasteiger partial charge in [0.25, 0.3) is 0 Å². The van der Waals surface area contributed by atoms with Crippen LogP contribution in [0.1, 0.15) is 16.5 Å². The van der Waals surface area contributed by atoms with E-state index in [1.165, 1.54) is 17.8 Å². The average Bonchev–Trinajstić information content (AvgIpc) is 2.81. The van der Waals surface area contributed by atoms with Crippen molar-refractivity contribution >= 4 is 23.4 Å². The summed E-state index contributed by atoms with van der Waals surface area (Å²) >= 11 is 1.46. The number of amides is 1. The summed E-state index contributed by atoms with van der Waals surface area (Å²) < 4.78 is 14.0. The highest BCUT2D eigenvalue weighted by molar-refractivity contribution is 8.00. The van der Waals surface area contributed by atoms with Crippen LogP contribution in [-0.2, 0) is 4.79 Å². The molecule has 1 aliphatic rings. The zero-order valence-electron chi connectivity index (χ0n) is 11.0. The molecule has 0 aliphatic carbocycles. The third kappa shape index (κ3) is 2.31. The van der Waals surface area contributed by atoms with Crippen LogP contribution in [0.5, 0.6) is 0 Å². The molecule has 1 atom stereocenters. The fraction of sp³-hybridized carbons (Fsp3) is 0.188. The van der Waals surface area contributed by atoms with E-state index in [2.05, 4.69) is 0 Å². The van der Waals surface area contributed by atoms with Gasteiger partial charge in [0.15, 0.2) is 0 Å². The second-order valence-electron chi connectivity index (χ2n) is 4.79. The van der Waals surface area contributed by atoms with Crippen molar-refractivity contribution in [2.24, 2.45) is 0 Å². The molecule has 1 unspecified atom stereocenters. The smallest absolute Gasteiger partial charge is 0.238 e. The zero-order chi connectivity index (χ0) is 14.1. The number of rotatable bonds is 2. The average molecular weight is 287 g/mol. The quantitative estimate of drug-likeness (QED) is 0.834. The largest absolute Gasteiger partial charge is 0.295 e. The molecule has 20 heavy (non-hydrogen) atoms. The molecule has 3 rings (SSSR count). The molecule has 0 saturated carbocycles. The highest BCUT2D eigenvalue weighted by Crippen LogP contribution is 2.42. The van der Waals surface area contributed by atoms with Gasteiger partial charge in [0, 0.05) is 11.3 Å². The van der Waals surface area contributed by atoms with Gasteiger partial charge >= 0.3 is 0 Å². The Morgan fingerprint density at radius 1 is 1.20 bits per heavy atom. The SMILES string of the molecule is Cc1cccc(N2C(=O)CSC2c2ccccc2F)c1. The van der Waals surface area contributed by atoms with Crippen LogP contribution in [0.3, 0.4) is 0 Å². The minimum absolute atomic E-state index is 0.0221. The Bertz CT molecular complexity index is 658. The van der Waals surface area contributed by atoms with E-state index in [1.54, 1.807) is 23.1 Å². The van der Waals surface area contributed by atoms with E-state index in [0.717, 1.165) is 11.3 Å². The molecule has 102 valence electrons. The van der Waals surface area contributed by atoms with Crippen LogP contribution in [0.2, 0.25) is 0 Å². The summed E-state index contributed by atoms with van der Waals surface area (Å²) in [6.45, 7) is 1.98. The molecule has 2 nitrogen and oxygen atoms in total. The van der Waals surface area contributed by atoms with E-state index < -0.39 is 0 Å². The maximum atomic E-state index is 14.0. The fourth-order valence-electron chi connectivity index (χ4n) is 2.39. The number of anilines is 1. The lowest BCUT2D eigenvalue weighted by molar-refractivity contribution is -0.115. The number of carbonyl (C=O) groups is 1. The minimum Gasteiger partial charge on any atom is -0.295 e. The lowest BCUT2D eigenvalue weighted by atomic mass is 10.1. The third-order valence-corrected chi connectivity index (χ3v) is 4.51. The number of hydrogen-bond donors (Lipinski definition) is 0. The van der Waals surface area contributed by atoms with Crippen LogP contribution < -0.4 is 4.90 Å². The van der Waals surface area contributed by atoms with Crippen LogP contribution in [0.4, 0.5) is 10.1 Å². The number of hydrogen-bond acceptors (Lipinski definition) is 2. The van der Waals surface area contributed by atoms with Gasteiger partial charge in [-0.1, -0.05) is 30.3 Å². The van der Waals surface area contributed by atoms with Crippen molar-refractivity contribution in [2.45, 2.75) is 12.3 Å². The molecule has 2 aromatic rings. The van der Waals surface area contributed by atoms with Gasteiger partial charge in [-0.15, -0.1) is 11.8 Å². The van der Waals surface area contributed by atoms with Gasteiger partial charge in [-0.3, -0.25) is 9.69 Å². The minimum atomic E-state index is -0.287. The summed E-state index contributed by atoms with van der Waals surface area (Å²) in [5, 5.41) is -0.287. The zero-order valence-corrected chi connectivity index (χ0v) is 11.9. The van der Waals surface area contributed by atoms with E-state index in [4.69, 9.17) is 0 Å². The first-order valence-electron chi connectivity index (χ1n) is 6.41. The molecule has 1 heterocycles. The first-order valence-corrected chi connectivity index (χ1v) is 7.46. The molecule has 4 heteroatoms. The second kappa shape index (κ2) is 5.29. The summed E-state index contributed by atoms with van der Waals surface area (Å²) in [6, 6.07) is 14.4. The molecule has 0 aromatic heterocycles. The van der Waals surface area contributed by atoms with Gasteiger partial charge in [0.05, 0.1) is 5.75 Å². The first kappa shape index (κ1) is 13.2. The van der Waals surface area contributed by atoms with Crippen LogP contribution in [0, 0.1) is 12.7 Å². The van der Waals surface area contributed by atoms with Crippen molar-refractivity contribution in [1.29, 1.82) is 0 Å². The number of nitrogens with zero attached hydrogens (tertiary/aromatic N) is 1. The maximum absolute atomic E-state index is 14.0. The molecule has 0 radical (unpaired) electrons. The van der Waals surface area contributed by atoms with Crippen molar-refractivity contribution in [3.8, 4) is 0 Å². The molecule has 0 spiro atoms. The van der Waals surface area contributed by atoms with Crippen molar-refractivity contribution < 1.29 is 9.18 Å². The highest BCUT2D eigenvalue weighted by atomic mass is 32.2. The molecule has 1 aliphatic heterocycles. The predicted octanol–water partition coefficient (Wildman–Crippen LogP) is 3.91. The van der Waals surface area contributed by atoms with Gasteiger partial charge < -0.3 is 0 Å². The van der Waals surface area contributed by atoms with Gasteiger partial charge in [-0.2, -0.15) is 0 Å². The van der Waals surface area contributed by atoms with Gasteiger partial charge in [-0.05, 0) is 30.7 Å². The Morgan fingerprint density at radius 3 is 2.75 bits per heavy atom. The van der Waals surface area contributed by atoms with Gasteiger partial charge in [-0.25, -0.2) is 4.39 Å². The van der Waals surface area contributed by atoms with E-state index in [0.29, 0.717) is 11.3 Å². The molecule has 2 aromatic carbocycles. The van der Waals surface area contributed by atoms with Gasteiger partial charge in [0.1, 0.15) is 11.2 Å². The Balaban J connectivity index is 2.03. The molecular weight excluding hydrogens is 273 g/mol. The number of thioether (sulfide) groups is 1. The van der Waals surface area contributed by atoms with Crippen LogP contribution in [0.25, 0.3) is 0 Å². The van der Waals surface area contributed by atoms with E-state index >= 15 is 0 Å². The van der Waals surface area contributed by atoms with Crippen molar-refractivity contribution in [3.63, 3.8) is 0 Å². The monoisotopic (exact) mass is 287 g/mol. The maximum Gasteiger partial charge on any atom is 0.238 e. The van der Waals surface area contributed by atoms with Crippen molar-refractivity contribution in [2.75, 3.05) is 10.7 Å². The lowest BCUT2D eigenvalue weighted by Gasteiger charge is -2.25. The Kier molecular flexibility index (Phi) is 3.49. The van der Waals surface area contributed by atoms with Crippen LogP contribution >= 0.6 is 11.8 Å². The molecule has 1 saturated heterocycles. The van der Waals surface area contributed by atoms with Crippen molar-refractivity contribution in [1.82, 2.24) is 0 Å². The first-order chi connectivity index (χ1) is 9.66. The summed E-state index contributed by atoms with van der Waals surface area (Å²) in [5.41, 5.74) is 2.47. The second-order valence-corrected chi connectivity index (χ2v) is 5.86. The molecule has 1 amide bonds. The summed E-state index contributed by atoms with van der Waals surface area (Å²) in [4.78, 5) is 13.9. The summed E-state index contributed by atoms with van der Waals surface area (Å²) in [6.07, 6.45) is 0. The predicted molar refractivity (Wildman–Crippen MR) is 80.3 cm³/mol. The fourth-order valence-corrected chi connectivity index (χ4v) is 3.59. The summed E-state index contributed by atoms with van der Waals surface area (Å²) in [5.74, 6) is 0.138. The van der Waals surface area contributed by atoms with Crippen LogP contribution in [0.15, 0.2) is 48.5 Å². The highest BCUT2D eigenvalue weighted by Gasteiger charge is 2.35. The third-order valence-electron chi connectivity index (χ3n) is 3.32. The standard InChI is InChI=1S/C16H14FNOS/c1-11-5-4-6-12(9-11)18-15(19)10-20-16(18)13-7-2-3-8-14(13)17/h2-9,16H,10H2,1H3. The summed E-state index contributed by atoms with van der Waals surface area (Å²) in [7, 11) is 0. The van der Waals surface area contributed by atoms with Crippen molar-refractivity contribution in [3.05, 3.63) is 65.5 Å². The number of aryl methyl sites for hydroxylation is 1. The number of carbonyl (C=O) groups excluding carboxylic acids is 1. The molecular formula is C16H14FNOS. The molecule has 0 bridgehead atoms. The van der Waals surface area contributed by atoms with E-state index in [1.807, 2.05) is 31.2 Å². The van der Waals surface area contributed by atoms with Crippen LogP contribution in [-0.4, -0.2) is 11.7 Å². The number of halogens is 1.